The number of hydrogen-bond donors (Lipinski definition) is 1. The number of benzene rings is 1. The minimum atomic E-state index is 0.106. The average Bonchev–Trinajstić information content (AvgIpc) is 2.30. The Hall–Kier alpha value is -1.97. The van der Waals surface area contributed by atoms with Crippen molar-refractivity contribution in [3.63, 3.8) is 0 Å². The molecule has 0 atom stereocenters. The number of rotatable bonds is 3. The summed E-state index contributed by atoms with van der Waals surface area (Å²) in [7, 11) is 0. The summed E-state index contributed by atoms with van der Waals surface area (Å²) in [5.74, 6) is 0. The van der Waals surface area contributed by atoms with Crippen molar-refractivity contribution in [1.82, 2.24) is 5.32 Å². The van der Waals surface area contributed by atoms with Gasteiger partial charge in [-0.1, -0.05) is 23.7 Å². The summed E-state index contributed by atoms with van der Waals surface area (Å²) >= 11 is 5.75. The second-order valence-electron chi connectivity index (χ2n) is 3.20. The first-order chi connectivity index (χ1) is 7.67. The van der Waals surface area contributed by atoms with E-state index in [9.17, 15) is 0 Å². The lowest BCUT2D eigenvalue weighted by molar-refractivity contribution is 0.807. The summed E-state index contributed by atoms with van der Waals surface area (Å²) in [5.41, 5.74) is 1.73. The van der Waals surface area contributed by atoms with Crippen LogP contribution in [0.1, 0.15) is 12.5 Å². The fourth-order valence-electron chi connectivity index (χ4n) is 1.12. The van der Waals surface area contributed by atoms with Crippen LogP contribution in [-0.2, 0) is 6.54 Å². The zero-order valence-electron chi connectivity index (χ0n) is 8.79. The second kappa shape index (κ2) is 5.80. The zero-order chi connectivity index (χ0) is 12.0. The van der Waals surface area contributed by atoms with Crippen LogP contribution in [0.5, 0.6) is 0 Å². The third-order valence-electron chi connectivity index (χ3n) is 2.07. The molecule has 1 aromatic carbocycles. The lowest BCUT2D eigenvalue weighted by Crippen LogP contribution is -2.12. The van der Waals surface area contributed by atoms with E-state index in [1.54, 1.807) is 19.1 Å². The highest BCUT2D eigenvalue weighted by Crippen LogP contribution is 2.09. The molecular formula is C12H10ClN3. The third kappa shape index (κ3) is 3.31. The quantitative estimate of drug-likeness (QED) is 0.814. The molecule has 3 nitrogen and oxygen atoms in total. The minimum Gasteiger partial charge on any atom is -0.383 e. The van der Waals surface area contributed by atoms with Crippen LogP contribution in [0, 0.1) is 22.7 Å². The van der Waals surface area contributed by atoms with Crippen molar-refractivity contribution < 1.29 is 0 Å². The topological polar surface area (TPSA) is 59.6 Å². The molecular weight excluding hydrogens is 222 g/mol. The van der Waals surface area contributed by atoms with Crippen LogP contribution in [0.25, 0.3) is 0 Å². The van der Waals surface area contributed by atoms with Crippen LogP contribution in [0.3, 0.4) is 0 Å². The van der Waals surface area contributed by atoms with Gasteiger partial charge in [0.25, 0.3) is 0 Å². The van der Waals surface area contributed by atoms with Crippen molar-refractivity contribution in [3.05, 3.63) is 46.1 Å². The van der Waals surface area contributed by atoms with Crippen LogP contribution in [0.4, 0.5) is 0 Å². The Morgan fingerprint density at radius 2 is 1.81 bits per heavy atom. The van der Waals surface area contributed by atoms with Crippen LogP contribution < -0.4 is 5.32 Å². The van der Waals surface area contributed by atoms with Crippen molar-refractivity contribution in [3.8, 4) is 12.1 Å². The molecule has 0 heterocycles. The van der Waals surface area contributed by atoms with Gasteiger partial charge in [0.2, 0.25) is 0 Å². The molecule has 0 amide bonds. The maximum atomic E-state index is 8.64. The Morgan fingerprint density at radius 1 is 1.25 bits per heavy atom. The summed E-state index contributed by atoms with van der Waals surface area (Å²) in [4.78, 5) is 0. The van der Waals surface area contributed by atoms with Crippen molar-refractivity contribution in [2.24, 2.45) is 0 Å². The molecule has 0 unspecified atom stereocenters. The Balaban J connectivity index is 2.66. The molecule has 0 saturated heterocycles. The summed E-state index contributed by atoms with van der Waals surface area (Å²) < 4.78 is 0. The van der Waals surface area contributed by atoms with Gasteiger partial charge >= 0.3 is 0 Å². The number of nitrogens with one attached hydrogen (secondary N) is 1. The maximum Gasteiger partial charge on any atom is 0.148 e. The summed E-state index contributed by atoms with van der Waals surface area (Å²) in [6, 6.07) is 11.0. The molecule has 0 radical (unpaired) electrons. The molecule has 16 heavy (non-hydrogen) atoms. The molecule has 0 aliphatic rings. The van der Waals surface area contributed by atoms with Gasteiger partial charge in [-0.3, -0.25) is 0 Å². The molecule has 0 spiro atoms. The monoisotopic (exact) mass is 231 g/mol. The number of allylic oxidation sites excluding steroid dienone is 2. The Morgan fingerprint density at radius 3 is 2.31 bits per heavy atom. The predicted octanol–water partition coefficient (Wildman–Crippen LogP) is 2.75. The lowest BCUT2D eigenvalue weighted by Gasteiger charge is -2.06. The van der Waals surface area contributed by atoms with Crippen molar-refractivity contribution >= 4 is 11.6 Å². The van der Waals surface area contributed by atoms with Gasteiger partial charge in [-0.2, -0.15) is 10.5 Å². The molecule has 80 valence electrons. The van der Waals surface area contributed by atoms with E-state index in [2.05, 4.69) is 5.32 Å². The van der Waals surface area contributed by atoms with Crippen LogP contribution >= 0.6 is 11.6 Å². The number of hydrogen-bond acceptors (Lipinski definition) is 3. The molecule has 0 aromatic heterocycles. The molecule has 0 fully saturated rings. The highest BCUT2D eigenvalue weighted by Gasteiger charge is 2.00. The van der Waals surface area contributed by atoms with Gasteiger partial charge < -0.3 is 5.32 Å². The molecule has 0 saturated carbocycles. The Labute approximate surface area is 99.6 Å². The summed E-state index contributed by atoms with van der Waals surface area (Å²) in [6.45, 7) is 2.27. The molecule has 1 rings (SSSR count). The van der Waals surface area contributed by atoms with Gasteiger partial charge in [0, 0.05) is 17.3 Å². The number of nitrogens with zero attached hydrogens (tertiary/aromatic N) is 2. The fraction of sp³-hybridized carbons (Fsp3) is 0.167. The first kappa shape index (κ1) is 12.1. The van der Waals surface area contributed by atoms with Gasteiger partial charge in [0.1, 0.15) is 17.7 Å². The SMILES string of the molecule is CC(NCc1ccc(Cl)cc1)=C(C#N)C#N. The van der Waals surface area contributed by atoms with E-state index < -0.39 is 0 Å². The van der Waals surface area contributed by atoms with Gasteiger partial charge in [-0.25, -0.2) is 0 Å². The normalized spacial score (nSPS) is 8.75. The standard InChI is InChI=1S/C12H10ClN3/c1-9(11(6-14)7-15)16-8-10-2-4-12(13)5-3-10/h2-5,16H,8H2,1H3. The van der Waals surface area contributed by atoms with Crippen LogP contribution in [0.2, 0.25) is 5.02 Å². The molecule has 0 aliphatic carbocycles. The van der Waals surface area contributed by atoms with Crippen molar-refractivity contribution in [2.75, 3.05) is 0 Å². The molecule has 1 N–H and O–H groups in total. The first-order valence-corrected chi connectivity index (χ1v) is 5.04. The fourth-order valence-corrected chi connectivity index (χ4v) is 1.24. The van der Waals surface area contributed by atoms with Gasteiger partial charge in [-0.05, 0) is 24.6 Å². The van der Waals surface area contributed by atoms with E-state index in [0.717, 1.165) is 5.56 Å². The lowest BCUT2D eigenvalue weighted by atomic mass is 10.2. The van der Waals surface area contributed by atoms with Crippen molar-refractivity contribution in [1.29, 1.82) is 10.5 Å². The van der Waals surface area contributed by atoms with E-state index in [1.807, 2.05) is 24.3 Å². The third-order valence-corrected chi connectivity index (χ3v) is 2.32. The van der Waals surface area contributed by atoms with Gasteiger partial charge in [0.05, 0.1) is 0 Å². The summed E-state index contributed by atoms with van der Waals surface area (Å²) in [5, 5.41) is 21.0. The Kier molecular flexibility index (Phi) is 4.39. The minimum absolute atomic E-state index is 0.106. The van der Waals surface area contributed by atoms with Gasteiger partial charge in [0.15, 0.2) is 0 Å². The molecule has 1 aromatic rings. The van der Waals surface area contributed by atoms with E-state index >= 15 is 0 Å². The van der Waals surface area contributed by atoms with Crippen LogP contribution in [0.15, 0.2) is 35.5 Å². The average molecular weight is 232 g/mol. The molecule has 0 aliphatic heterocycles. The number of nitriles is 2. The molecule has 0 bridgehead atoms. The van der Waals surface area contributed by atoms with Crippen LogP contribution in [-0.4, -0.2) is 0 Å². The Bertz CT molecular complexity index is 458. The number of halogens is 1. The molecule has 4 heteroatoms. The first-order valence-electron chi connectivity index (χ1n) is 4.66. The zero-order valence-corrected chi connectivity index (χ0v) is 9.54. The van der Waals surface area contributed by atoms with E-state index in [4.69, 9.17) is 22.1 Å². The highest BCUT2D eigenvalue weighted by molar-refractivity contribution is 6.30. The van der Waals surface area contributed by atoms with E-state index in [1.165, 1.54) is 0 Å². The van der Waals surface area contributed by atoms with E-state index in [-0.39, 0.29) is 5.57 Å². The maximum absolute atomic E-state index is 8.64. The van der Waals surface area contributed by atoms with E-state index in [0.29, 0.717) is 17.3 Å². The largest absolute Gasteiger partial charge is 0.383 e. The smallest absolute Gasteiger partial charge is 0.148 e. The van der Waals surface area contributed by atoms with Crippen molar-refractivity contribution in [2.45, 2.75) is 13.5 Å². The highest BCUT2D eigenvalue weighted by atomic mass is 35.5. The predicted molar refractivity (Wildman–Crippen MR) is 62.2 cm³/mol. The second-order valence-corrected chi connectivity index (χ2v) is 3.64. The summed E-state index contributed by atoms with van der Waals surface area (Å²) in [6.07, 6.45) is 0. The van der Waals surface area contributed by atoms with Gasteiger partial charge in [-0.15, -0.1) is 0 Å².